The second kappa shape index (κ2) is 9.41. The molecule has 0 unspecified atom stereocenters. The van der Waals surface area contributed by atoms with Gasteiger partial charge in [-0.2, -0.15) is 0 Å². The topological polar surface area (TPSA) is 64.2 Å². The van der Waals surface area contributed by atoms with E-state index in [9.17, 15) is 4.79 Å². The minimum Gasteiger partial charge on any atom is -0.461 e. The van der Waals surface area contributed by atoms with Crippen molar-refractivity contribution in [3.8, 4) is 11.6 Å². The Morgan fingerprint density at radius 1 is 1.25 bits per heavy atom. The number of hydrogen-bond donors (Lipinski definition) is 0. The summed E-state index contributed by atoms with van der Waals surface area (Å²) in [6.45, 7) is 8.99. The fourth-order valence-corrected chi connectivity index (χ4v) is 3.66. The molecule has 0 radical (unpaired) electrons. The molecule has 3 aromatic rings. The third kappa shape index (κ3) is 4.72. The van der Waals surface area contributed by atoms with Crippen LogP contribution >= 0.6 is 11.8 Å². The van der Waals surface area contributed by atoms with Crippen LogP contribution < -0.4 is 0 Å². The van der Waals surface area contributed by atoms with E-state index in [2.05, 4.69) is 16.8 Å². The molecule has 7 heteroatoms. The van der Waals surface area contributed by atoms with Gasteiger partial charge in [0, 0.05) is 19.1 Å². The Kier molecular flexibility index (Phi) is 6.71. The van der Waals surface area contributed by atoms with E-state index in [-0.39, 0.29) is 11.9 Å². The molecular formula is C21H24N4O2S. The van der Waals surface area contributed by atoms with Crippen molar-refractivity contribution in [2.75, 3.05) is 5.75 Å². The first kappa shape index (κ1) is 19.9. The molecule has 0 atom stereocenters. The predicted octanol–water partition coefficient (Wildman–Crippen LogP) is 4.25. The molecule has 0 aliphatic rings. The van der Waals surface area contributed by atoms with Gasteiger partial charge in [-0.1, -0.05) is 48.2 Å². The number of furan rings is 1. The first-order valence-corrected chi connectivity index (χ1v) is 10.1. The predicted molar refractivity (Wildman–Crippen MR) is 111 cm³/mol. The summed E-state index contributed by atoms with van der Waals surface area (Å²) in [5.41, 5.74) is 1.12. The maximum Gasteiger partial charge on any atom is 0.233 e. The molecule has 0 spiro atoms. The minimum atomic E-state index is 0.0663. The van der Waals surface area contributed by atoms with Crippen LogP contribution in [-0.2, 0) is 17.9 Å². The number of nitrogens with zero attached hydrogens (tertiary/aromatic N) is 4. The summed E-state index contributed by atoms with van der Waals surface area (Å²) in [6, 6.07) is 13.8. The van der Waals surface area contributed by atoms with Crippen LogP contribution in [0.3, 0.4) is 0 Å². The SMILES string of the molecule is C=CCn1c(SCC(=O)N(Cc2ccccc2)C(C)C)nnc1-c1ccco1. The Morgan fingerprint density at radius 2 is 2.04 bits per heavy atom. The van der Waals surface area contributed by atoms with Gasteiger partial charge in [0.25, 0.3) is 0 Å². The van der Waals surface area contributed by atoms with Gasteiger partial charge in [0.05, 0.1) is 12.0 Å². The molecule has 0 bridgehead atoms. The number of carbonyl (C=O) groups is 1. The average molecular weight is 397 g/mol. The maximum atomic E-state index is 12.9. The van der Waals surface area contributed by atoms with Crippen molar-refractivity contribution in [3.63, 3.8) is 0 Å². The number of rotatable bonds is 9. The van der Waals surface area contributed by atoms with Gasteiger partial charge in [0.15, 0.2) is 10.9 Å². The van der Waals surface area contributed by atoms with Gasteiger partial charge >= 0.3 is 0 Å². The first-order chi connectivity index (χ1) is 13.6. The number of thioether (sulfide) groups is 1. The lowest BCUT2D eigenvalue weighted by molar-refractivity contribution is -0.130. The van der Waals surface area contributed by atoms with Gasteiger partial charge in [0.2, 0.25) is 11.7 Å². The van der Waals surface area contributed by atoms with Crippen molar-refractivity contribution in [2.24, 2.45) is 0 Å². The lowest BCUT2D eigenvalue weighted by Gasteiger charge is -2.26. The van der Waals surface area contributed by atoms with Gasteiger partial charge in [-0.25, -0.2) is 0 Å². The smallest absolute Gasteiger partial charge is 0.233 e. The molecule has 2 heterocycles. The molecule has 0 aliphatic heterocycles. The van der Waals surface area contributed by atoms with E-state index < -0.39 is 0 Å². The van der Waals surface area contributed by atoms with E-state index in [1.165, 1.54) is 11.8 Å². The molecule has 28 heavy (non-hydrogen) atoms. The molecule has 6 nitrogen and oxygen atoms in total. The number of carbonyl (C=O) groups excluding carboxylic acids is 1. The van der Waals surface area contributed by atoms with E-state index in [0.717, 1.165) is 5.56 Å². The zero-order valence-corrected chi connectivity index (χ0v) is 16.9. The van der Waals surface area contributed by atoms with Crippen LogP contribution in [-0.4, -0.2) is 37.4 Å². The molecule has 0 N–H and O–H groups in total. The normalized spacial score (nSPS) is 11.0. The second-order valence-electron chi connectivity index (χ2n) is 6.57. The molecule has 2 aromatic heterocycles. The van der Waals surface area contributed by atoms with Gasteiger partial charge < -0.3 is 9.32 Å². The van der Waals surface area contributed by atoms with E-state index in [1.807, 2.05) is 65.8 Å². The summed E-state index contributed by atoms with van der Waals surface area (Å²) in [4.78, 5) is 14.8. The number of hydrogen-bond acceptors (Lipinski definition) is 5. The van der Waals surface area contributed by atoms with Crippen molar-refractivity contribution in [3.05, 3.63) is 66.9 Å². The largest absolute Gasteiger partial charge is 0.461 e. The first-order valence-electron chi connectivity index (χ1n) is 9.14. The Balaban J connectivity index is 1.71. The highest BCUT2D eigenvalue weighted by molar-refractivity contribution is 7.99. The number of benzene rings is 1. The van der Waals surface area contributed by atoms with Gasteiger partial charge in [-0.3, -0.25) is 9.36 Å². The monoisotopic (exact) mass is 396 g/mol. The summed E-state index contributed by atoms with van der Waals surface area (Å²) in [7, 11) is 0. The minimum absolute atomic E-state index is 0.0663. The van der Waals surface area contributed by atoms with Crippen LogP contribution in [0.25, 0.3) is 11.6 Å². The lowest BCUT2D eigenvalue weighted by Crippen LogP contribution is -2.37. The van der Waals surface area contributed by atoms with E-state index in [4.69, 9.17) is 4.42 Å². The van der Waals surface area contributed by atoms with E-state index in [0.29, 0.717) is 35.6 Å². The summed E-state index contributed by atoms with van der Waals surface area (Å²) < 4.78 is 7.34. The summed E-state index contributed by atoms with van der Waals surface area (Å²) in [5.74, 6) is 1.63. The van der Waals surface area contributed by atoms with Crippen LogP contribution in [0.1, 0.15) is 19.4 Å². The highest BCUT2D eigenvalue weighted by Gasteiger charge is 2.20. The van der Waals surface area contributed by atoms with Gasteiger partial charge in [-0.15, -0.1) is 16.8 Å². The fraction of sp³-hybridized carbons (Fsp3) is 0.286. The fourth-order valence-electron chi connectivity index (χ4n) is 2.83. The lowest BCUT2D eigenvalue weighted by atomic mass is 10.2. The van der Waals surface area contributed by atoms with Crippen LogP contribution in [0.4, 0.5) is 0 Å². The van der Waals surface area contributed by atoms with Crippen molar-refractivity contribution in [1.82, 2.24) is 19.7 Å². The highest BCUT2D eigenvalue weighted by Crippen LogP contribution is 2.25. The van der Waals surface area contributed by atoms with Crippen molar-refractivity contribution in [1.29, 1.82) is 0 Å². The van der Waals surface area contributed by atoms with Crippen LogP contribution in [0, 0.1) is 0 Å². The molecule has 0 aliphatic carbocycles. The Labute approximate surface area is 169 Å². The molecular weight excluding hydrogens is 372 g/mol. The molecule has 1 aromatic carbocycles. The van der Waals surface area contributed by atoms with Gasteiger partial charge in [-0.05, 0) is 31.5 Å². The van der Waals surface area contributed by atoms with E-state index >= 15 is 0 Å². The van der Waals surface area contributed by atoms with Crippen molar-refractivity contribution < 1.29 is 9.21 Å². The summed E-state index contributed by atoms with van der Waals surface area (Å²) in [6.07, 6.45) is 3.38. The standard InChI is InChI=1S/C21H24N4O2S/c1-4-12-24-20(18-11-8-13-27-18)22-23-21(24)28-15-19(26)25(16(2)3)14-17-9-6-5-7-10-17/h4-11,13,16H,1,12,14-15H2,2-3H3. The molecule has 0 saturated heterocycles. The second-order valence-corrected chi connectivity index (χ2v) is 7.51. The van der Waals surface area contributed by atoms with Crippen molar-refractivity contribution >= 4 is 17.7 Å². The summed E-state index contributed by atoms with van der Waals surface area (Å²) in [5, 5.41) is 9.15. The maximum absolute atomic E-state index is 12.9. The number of aromatic nitrogens is 3. The molecule has 0 saturated carbocycles. The van der Waals surface area contributed by atoms with Crippen LogP contribution in [0.2, 0.25) is 0 Å². The Hall–Kier alpha value is -2.80. The van der Waals surface area contributed by atoms with Gasteiger partial charge in [0.1, 0.15) is 0 Å². The highest BCUT2D eigenvalue weighted by atomic mass is 32.2. The van der Waals surface area contributed by atoms with Crippen LogP contribution in [0.5, 0.6) is 0 Å². The molecule has 1 amide bonds. The molecule has 146 valence electrons. The van der Waals surface area contributed by atoms with E-state index in [1.54, 1.807) is 12.3 Å². The van der Waals surface area contributed by atoms with Crippen LogP contribution in [0.15, 0.2) is 71.0 Å². The Bertz CT molecular complexity index is 904. The molecule has 3 rings (SSSR count). The zero-order chi connectivity index (χ0) is 19.9. The average Bonchev–Trinajstić information content (AvgIpc) is 3.35. The third-order valence-corrected chi connectivity index (χ3v) is 5.19. The Morgan fingerprint density at radius 3 is 2.68 bits per heavy atom. The third-order valence-electron chi connectivity index (χ3n) is 4.23. The number of amides is 1. The quantitative estimate of drug-likeness (QED) is 0.400. The molecule has 0 fully saturated rings. The number of allylic oxidation sites excluding steroid dienone is 1. The summed E-state index contributed by atoms with van der Waals surface area (Å²) >= 11 is 1.38. The zero-order valence-electron chi connectivity index (χ0n) is 16.1. The van der Waals surface area contributed by atoms with Crippen molar-refractivity contribution in [2.45, 2.75) is 38.1 Å².